The molecule has 2 aromatic rings. The molecule has 100 valence electrons. The van der Waals surface area contributed by atoms with Crippen molar-refractivity contribution in [2.45, 2.75) is 27.7 Å². The Morgan fingerprint density at radius 3 is 2.16 bits per heavy atom. The van der Waals surface area contributed by atoms with E-state index in [1.54, 1.807) is 11.6 Å². The molecule has 0 aliphatic carbocycles. The second-order valence-corrected chi connectivity index (χ2v) is 5.09. The maximum absolute atomic E-state index is 11.1. The summed E-state index contributed by atoms with van der Waals surface area (Å²) in [4.78, 5) is 11.1. The minimum atomic E-state index is -1.12. The van der Waals surface area contributed by atoms with Crippen molar-refractivity contribution >= 4 is 17.6 Å². The second-order valence-electron chi connectivity index (χ2n) is 4.71. The Morgan fingerprint density at radius 2 is 1.74 bits per heavy atom. The van der Waals surface area contributed by atoms with Gasteiger partial charge in [-0.1, -0.05) is 29.3 Å². The molecule has 1 heterocycles. The van der Waals surface area contributed by atoms with Crippen LogP contribution in [0, 0.1) is 27.7 Å². The minimum absolute atomic E-state index is 0.112. The van der Waals surface area contributed by atoms with E-state index in [1.165, 1.54) is 0 Å². The highest BCUT2D eigenvalue weighted by Crippen LogP contribution is 2.27. The molecule has 5 heteroatoms. The summed E-state index contributed by atoms with van der Waals surface area (Å²) >= 11 is 6.03. The molecule has 0 atom stereocenters. The number of aromatic nitrogens is 2. The summed E-state index contributed by atoms with van der Waals surface area (Å²) in [5.41, 5.74) is 4.65. The predicted molar refractivity (Wildman–Crippen MR) is 74.5 cm³/mol. The summed E-state index contributed by atoms with van der Waals surface area (Å²) in [6.07, 6.45) is 0. The predicted octanol–water partition coefficient (Wildman–Crippen LogP) is 3.46. The molecular weight excluding hydrogens is 264 g/mol. The second kappa shape index (κ2) is 4.70. The summed E-state index contributed by atoms with van der Waals surface area (Å²) < 4.78 is 1.61. The summed E-state index contributed by atoms with van der Waals surface area (Å²) in [6, 6.07) is 4.08. The largest absolute Gasteiger partial charge is 0.476 e. The first-order valence-corrected chi connectivity index (χ1v) is 6.27. The Balaban J connectivity index is 2.73. The topological polar surface area (TPSA) is 55.1 Å². The van der Waals surface area contributed by atoms with Crippen LogP contribution in [0.5, 0.6) is 0 Å². The van der Waals surface area contributed by atoms with Crippen LogP contribution in [0.2, 0.25) is 5.02 Å². The van der Waals surface area contributed by atoms with Crippen LogP contribution < -0.4 is 0 Å². The van der Waals surface area contributed by atoms with E-state index in [2.05, 4.69) is 5.10 Å². The fraction of sp³-hybridized carbons (Fsp3) is 0.286. The molecule has 4 nitrogen and oxygen atoms in total. The highest BCUT2D eigenvalue weighted by molar-refractivity contribution is 6.33. The molecule has 0 saturated carbocycles. The Kier molecular flexibility index (Phi) is 3.37. The molecule has 0 fully saturated rings. The van der Waals surface area contributed by atoms with E-state index in [0.29, 0.717) is 5.69 Å². The quantitative estimate of drug-likeness (QED) is 0.915. The fourth-order valence-electron chi connectivity index (χ4n) is 2.34. The van der Waals surface area contributed by atoms with Gasteiger partial charge in [-0.3, -0.25) is 0 Å². The Morgan fingerprint density at radius 1 is 1.21 bits per heavy atom. The number of hydrogen-bond donors (Lipinski definition) is 1. The van der Waals surface area contributed by atoms with E-state index in [0.717, 1.165) is 22.4 Å². The van der Waals surface area contributed by atoms with E-state index < -0.39 is 5.97 Å². The fourth-order valence-corrected chi connectivity index (χ4v) is 2.54. The van der Waals surface area contributed by atoms with Gasteiger partial charge < -0.3 is 5.11 Å². The third-order valence-electron chi connectivity index (χ3n) is 3.09. The van der Waals surface area contributed by atoms with Crippen LogP contribution in [-0.2, 0) is 0 Å². The number of carboxylic acid groups (broad SMARTS) is 1. The number of rotatable bonds is 2. The molecule has 1 N–H and O–H groups in total. The molecule has 0 bridgehead atoms. The molecule has 1 aromatic carbocycles. The van der Waals surface area contributed by atoms with E-state index in [9.17, 15) is 4.79 Å². The van der Waals surface area contributed by atoms with Crippen LogP contribution in [0.25, 0.3) is 5.69 Å². The number of nitrogens with zero attached hydrogens (tertiary/aromatic N) is 2. The first-order valence-electron chi connectivity index (χ1n) is 5.89. The Bertz CT molecular complexity index is 651. The van der Waals surface area contributed by atoms with Gasteiger partial charge in [-0.05, 0) is 38.8 Å². The van der Waals surface area contributed by atoms with E-state index in [4.69, 9.17) is 16.7 Å². The lowest BCUT2D eigenvalue weighted by Crippen LogP contribution is -2.06. The number of aromatic carboxylic acids is 1. The van der Waals surface area contributed by atoms with Crippen molar-refractivity contribution in [2.75, 3.05) is 0 Å². The lowest BCUT2D eigenvalue weighted by Gasteiger charge is -2.12. The first kappa shape index (κ1) is 13.6. The number of halogens is 1. The van der Waals surface area contributed by atoms with Gasteiger partial charge in [0, 0.05) is 0 Å². The minimum Gasteiger partial charge on any atom is -0.476 e. The third kappa shape index (κ3) is 2.24. The van der Waals surface area contributed by atoms with Crippen LogP contribution >= 0.6 is 11.6 Å². The van der Waals surface area contributed by atoms with Crippen molar-refractivity contribution in [1.29, 1.82) is 0 Å². The van der Waals surface area contributed by atoms with Gasteiger partial charge in [-0.2, -0.15) is 5.10 Å². The molecule has 2 rings (SSSR count). The molecule has 0 amide bonds. The Labute approximate surface area is 116 Å². The normalized spacial score (nSPS) is 10.8. The zero-order valence-electron chi connectivity index (χ0n) is 11.3. The molecule has 1 aromatic heterocycles. The SMILES string of the molecule is Cc1cc(C)c(-n2nc(C(=O)O)c(Cl)c2C)c(C)c1. The summed E-state index contributed by atoms with van der Waals surface area (Å²) in [5, 5.41) is 13.4. The van der Waals surface area contributed by atoms with Gasteiger partial charge in [0.1, 0.15) is 0 Å². The van der Waals surface area contributed by atoms with Crippen LogP contribution in [0.1, 0.15) is 32.9 Å². The van der Waals surface area contributed by atoms with Gasteiger partial charge in [-0.25, -0.2) is 9.48 Å². The zero-order valence-corrected chi connectivity index (χ0v) is 12.0. The van der Waals surface area contributed by atoms with Crippen molar-refractivity contribution in [1.82, 2.24) is 9.78 Å². The Hall–Kier alpha value is -1.81. The zero-order chi connectivity index (χ0) is 14.3. The molecule has 0 saturated heterocycles. The molecule has 0 radical (unpaired) electrons. The number of carbonyl (C=O) groups is 1. The number of hydrogen-bond acceptors (Lipinski definition) is 2. The number of carboxylic acids is 1. The number of benzene rings is 1. The molecule has 0 aliphatic rings. The molecule has 19 heavy (non-hydrogen) atoms. The monoisotopic (exact) mass is 278 g/mol. The maximum Gasteiger partial charge on any atom is 0.358 e. The van der Waals surface area contributed by atoms with Crippen LogP contribution in [0.3, 0.4) is 0 Å². The summed E-state index contributed by atoms with van der Waals surface area (Å²) in [7, 11) is 0. The lowest BCUT2D eigenvalue weighted by molar-refractivity contribution is 0.0690. The van der Waals surface area contributed by atoms with Gasteiger partial charge in [0.15, 0.2) is 5.69 Å². The van der Waals surface area contributed by atoms with E-state index >= 15 is 0 Å². The molecule has 0 unspecified atom stereocenters. The van der Waals surface area contributed by atoms with Gasteiger partial charge in [0.2, 0.25) is 0 Å². The van der Waals surface area contributed by atoms with Crippen molar-refractivity contribution < 1.29 is 9.90 Å². The average Bonchev–Trinajstić information content (AvgIpc) is 2.56. The van der Waals surface area contributed by atoms with Gasteiger partial charge in [0.25, 0.3) is 0 Å². The standard InChI is InChI=1S/C14H15ClN2O2/c1-7-5-8(2)13(9(3)6-7)17-10(4)11(15)12(16-17)14(18)19/h5-6H,1-4H3,(H,18,19). The maximum atomic E-state index is 11.1. The van der Waals surface area contributed by atoms with Gasteiger partial charge >= 0.3 is 5.97 Å². The first-order chi connectivity index (χ1) is 8.82. The van der Waals surface area contributed by atoms with Crippen molar-refractivity contribution in [2.24, 2.45) is 0 Å². The molecule has 0 spiro atoms. The van der Waals surface area contributed by atoms with Gasteiger partial charge in [-0.15, -0.1) is 0 Å². The molecule has 0 aliphatic heterocycles. The molecular formula is C14H15ClN2O2. The smallest absolute Gasteiger partial charge is 0.358 e. The lowest BCUT2D eigenvalue weighted by atomic mass is 10.1. The van der Waals surface area contributed by atoms with E-state index in [-0.39, 0.29) is 10.7 Å². The van der Waals surface area contributed by atoms with Crippen molar-refractivity contribution in [3.63, 3.8) is 0 Å². The average molecular weight is 279 g/mol. The van der Waals surface area contributed by atoms with Crippen molar-refractivity contribution in [3.05, 3.63) is 45.2 Å². The van der Waals surface area contributed by atoms with Crippen LogP contribution in [-0.4, -0.2) is 20.9 Å². The van der Waals surface area contributed by atoms with E-state index in [1.807, 2.05) is 32.9 Å². The summed E-state index contributed by atoms with van der Waals surface area (Å²) in [5.74, 6) is -1.12. The van der Waals surface area contributed by atoms with Crippen molar-refractivity contribution in [3.8, 4) is 5.69 Å². The summed E-state index contributed by atoms with van der Waals surface area (Å²) in [6.45, 7) is 7.74. The highest BCUT2D eigenvalue weighted by atomic mass is 35.5. The van der Waals surface area contributed by atoms with Gasteiger partial charge in [0.05, 0.1) is 16.4 Å². The van der Waals surface area contributed by atoms with Crippen LogP contribution in [0.15, 0.2) is 12.1 Å². The van der Waals surface area contributed by atoms with Crippen LogP contribution in [0.4, 0.5) is 0 Å². The highest BCUT2D eigenvalue weighted by Gasteiger charge is 2.20. The number of aryl methyl sites for hydroxylation is 3. The third-order valence-corrected chi connectivity index (χ3v) is 3.55.